The maximum atomic E-state index is 12.0. The third-order valence-corrected chi connectivity index (χ3v) is 3.98. The van der Waals surface area contributed by atoms with E-state index in [1.165, 1.54) is 31.4 Å². The number of sulfonamides is 1. The highest BCUT2D eigenvalue weighted by Crippen LogP contribution is 2.18. The minimum absolute atomic E-state index is 0.00106. The zero-order valence-electron chi connectivity index (χ0n) is 10.4. The molecule has 0 fully saturated rings. The van der Waals surface area contributed by atoms with E-state index in [4.69, 9.17) is 4.74 Å². The van der Waals surface area contributed by atoms with Crippen LogP contribution in [0.1, 0.15) is 6.92 Å². The second-order valence-corrected chi connectivity index (χ2v) is 5.32. The molecule has 0 aliphatic rings. The van der Waals surface area contributed by atoms with Crippen molar-refractivity contribution in [2.75, 3.05) is 20.8 Å². The fraction of sp³-hybridized carbons (Fsp3) is 0.364. The Balaban J connectivity index is 3.01. The summed E-state index contributed by atoms with van der Waals surface area (Å²) in [7, 11) is -1.25. The van der Waals surface area contributed by atoms with E-state index < -0.39 is 16.1 Å². The van der Waals surface area contributed by atoms with Gasteiger partial charge in [0.1, 0.15) is 5.75 Å². The smallest absolute Gasteiger partial charge is 0.423 e. The van der Waals surface area contributed by atoms with Crippen molar-refractivity contribution in [3.63, 3.8) is 0 Å². The quantitative estimate of drug-likeness (QED) is 0.830. The maximum absolute atomic E-state index is 12.0. The lowest BCUT2D eigenvalue weighted by atomic mass is 10.3. The molecule has 0 spiro atoms. The van der Waals surface area contributed by atoms with E-state index >= 15 is 0 Å². The average molecular weight is 273 g/mol. The van der Waals surface area contributed by atoms with Gasteiger partial charge in [0, 0.05) is 7.05 Å². The molecule has 0 aliphatic carbocycles. The minimum Gasteiger partial charge on any atom is -0.497 e. The van der Waals surface area contributed by atoms with Gasteiger partial charge in [0.15, 0.2) is 0 Å². The summed E-state index contributed by atoms with van der Waals surface area (Å²) in [6.07, 6.45) is -0.909. The van der Waals surface area contributed by atoms with Crippen molar-refractivity contribution in [1.29, 1.82) is 0 Å². The molecule has 0 aromatic heterocycles. The molecule has 6 nitrogen and oxygen atoms in total. The monoisotopic (exact) mass is 273 g/mol. The molecule has 1 rings (SSSR count). The van der Waals surface area contributed by atoms with Crippen molar-refractivity contribution in [2.45, 2.75) is 11.8 Å². The number of rotatable bonds is 4. The summed E-state index contributed by atoms with van der Waals surface area (Å²) in [4.78, 5) is 11.4. The second kappa shape index (κ2) is 5.72. The second-order valence-electron chi connectivity index (χ2n) is 3.35. The van der Waals surface area contributed by atoms with Crippen LogP contribution in [0.25, 0.3) is 0 Å². The van der Waals surface area contributed by atoms with E-state index in [0.29, 0.717) is 10.1 Å². The molecule has 0 saturated heterocycles. The summed E-state index contributed by atoms with van der Waals surface area (Å²) in [5, 5.41) is 0. The van der Waals surface area contributed by atoms with E-state index in [1.54, 1.807) is 6.92 Å². The number of hydrogen-bond acceptors (Lipinski definition) is 5. The summed E-state index contributed by atoms with van der Waals surface area (Å²) in [6, 6.07) is 5.74. The Kier molecular flexibility index (Phi) is 4.55. The first kappa shape index (κ1) is 14.3. The largest absolute Gasteiger partial charge is 0.497 e. The molecule has 0 aliphatic heterocycles. The van der Waals surface area contributed by atoms with Crippen LogP contribution in [-0.4, -0.2) is 39.6 Å². The normalized spacial score (nSPS) is 10.8. The van der Waals surface area contributed by atoms with Crippen molar-refractivity contribution < 1.29 is 22.7 Å². The molecule has 1 aromatic carbocycles. The van der Waals surface area contributed by atoms with Crippen LogP contribution in [0.4, 0.5) is 4.79 Å². The van der Waals surface area contributed by atoms with E-state index in [9.17, 15) is 13.2 Å². The fourth-order valence-corrected chi connectivity index (χ4v) is 2.26. The van der Waals surface area contributed by atoms with Gasteiger partial charge in [-0.2, -0.15) is 0 Å². The lowest BCUT2D eigenvalue weighted by molar-refractivity contribution is 0.136. The Morgan fingerprint density at radius 2 is 1.83 bits per heavy atom. The first-order valence-corrected chi connectivity index (χ1v) is 6.67. The van der Waals surface area contributed by atoms with Crippen LogP contribution < -0.4 is 4.74 Å². The third-order valence-electron chi connectivity index (χ3n) is 2.24. The number of ether oxygens (including phenoxy) is 2. The number of carbonyl (C=O) groups excluding carboxylic acids is 1. The van der Waals surface area contributed by atoms with Crippen molar-refractivity contribution in [3.8, 4) is 5.75 Å². The summed E-state index contributed by atoms with van der Waals surface area (Å²) < 4.78 is 34.2. The summed E-state index contributed by atoms with van der Waals surface area (Å²) in [5.41, 5.74) is 0. The Bertz CT molecular complexity index is 509. The molecule has 1 amide bonds. The molecule has 0 radical (unpaired) electrons. The minimum atomic E-state index is -3.88. The molecule has 0 heterocycles. The van der Waals surface area contributed by atoms with Crippen molar-refractivity contribution >= 4 is 16.1 Å². The lowest BCUT2D eigenvalue weighted by Gasteiger charge is -2.16. The highest BCUT2D eigenvalue weighted by molar-refractivity contribution is 7.89. The number of benzene rings is 1. The van der Waals surface area contributed by atoms with Gasteiger partial charge in [-0.3, -0.25) is 0 Å². The van der Waals surface area contributed by atoms with Gasteiger partial charge in [0.25, 0.3) is 10.0 Å². The highest BCUT2D eigenvalue weighted by Gasteiger charge is 2.26. The standard InChI is InChI=1S/C11H15NO5S/c1-4-17-11(13)12(2)18(14,15)10-7-5-9(16-3)6-8-10/h5-8H,4H2,1-3H3. The Labute approximate surface area is 106 Å². The number of methoxy groups -OCH3 is 1. The van der Waals surface area contributed by atoms with Crippen LogP contribution in [0.3, 0.4) is 0 Å². The number of amides is 1. The molecular weight excluding hydrogens is 258 g/mol. The fourth-order valence-electron chi connectivity index (χ4n) is 1.22. The molecule has 18 heavy (non-hydrogen) atoms. The lowest BCUT2D eigenvalue weighted by Crippen LogP contribution is -2.33. The van der Waals surface area contributed by atoms with E-state index in [1.807, 2.05) is 0 Å². The first-order chi connectivity index (χ1) is 8.43. The topological polar surface area (TPSA) is 72.9 Å². The van der Waals surface area contributed by atoms with E-state index in [0.717, 1.165) is 7.05 Å². The van der Waals surface area contributed by atoms with Gasteiger partial charge in [-0.15, -0.1) is 0 Å². The summed E-state index contributed by atoms with van der Waals surface area (Å²) in [6.45, 7) is 1.72. The SMILES string of the molecule is CCOC(=O)N(C)S(=O)(=O)c1ccc(OC)cc1. The molecule has 0 bridgehead atoms. The van der Waals surface area contributed by atoms with Gasteiger partial charge in [-0.05, 0) is 31.2 Å². The molecule has 100 valence electrons. The molecule has 0 N–H and O–H groups in total. The molecule has 0 atom stereocenters. The van der Waals surface area contributed by atoms with Crippen molar-refractivity contribution in [2.24, 2.45) is 0 Å². The van der Waals surface area contributed by atoms with Gasteiger partial charge in [0.2, 0.25) is 0 Å². The Hall–Kier alpha value is -1.76. The summed E-state index contributed by atoms with van der Waals surface area (Å²) >= 11 is 0. The van der Waals surface area contributed by atoms with Gasteiger partial charge >= 0.3 is 6.09 Å². The zero-order chi connectivity index (χ0) is 13.8. The Morgan fingerprint density at radius 1 is 1.28 bits per heavy atom. The van der Waals surface area contributed by atoms with E-state index in [-0.39, 0.29) is 11.5 Å². The highest BCUT2D eigenvalue weighted by atomic mass is 32.2. The summed E-state index contributed by atoms with van der Waals surface area (Å²) in [5.74, 6) is 0.535. The number of hydrogen-bond donors (Lipinski definition) is 0. The van der Waals surface area contributed by atoms with Gasteiger partial charge in [0.05, 0.1) is 18.6 Å². The van der Waals surface area contributed by atoms with Crippen LogP contribution in [0.15, 0.2) is 29.2 Å². The number of carbonyl (C=O) groups is 1. The van der Waals surface area contributed by atoms with Crippen LogP contribution in [0, 0.1) is 0 Å². The van der Waals surface area contributed by atoms with Gasteiger partial charge < -0.3 is 9.47 Å². The van der Waals surface area contributed by atoms with Crippen molar-refractivity contribution in [1.82, 2.24) is 4.31 Å². The molecule has 0 saturated carbocycles. The Morgan fingerprint density at radius 3 is 2.28 bits per heavy atom. The average Bonchev–Trinajstić information content (AvgIpc) is 2.38. The zero-order valence-corrected chi connectivity index (χ0v) is 11.2. The van der Waals surface area contributed by atoms with Gasteiger partial charge in [-0.1, -0.05) is 0 Å². The van der Waals surface area contributed by atoms with E-state index in [2.05, 4.69) is 4.74 Å². The van der Waals surface area contributed by atoms with Crippen LogP contribution >= 0.6 is 0 Å². The third kappa shape index (κ3) is 2.92. The van der Waals surface area contributed by atoms with Crippen molar-refractivity contribution in [3.05, 3.63) is 24.3 Å². The maximum Gasteiger partial charge on any atom is 0.423 e. The molecule has 0 unspecified atom stereocenters. The van der Waals surface area contributed by atoms with Crippen LogP contribution in [0.5, 0.6) is 5.75 Å². The first-order valence-electron chi connectivity index (χ1n) is 5.23. The van der Waals surface area contributed by atoms with Crippen LogP contribution in [-0.2, 0) is 14.8 Å². The van der Waals surface area contributed by atoms with Gasteiger partial charge in [-0.25, -0.2) is 17.5 Å². The number of nitrogens with zero attached hydrogens (tertiary/aromatic N) is 1. The predicted octanol–water partition coefficient (Wildman–Crippen LogP) is 1.47. The molecule has 1 aromatic rings. The van der Waals surface area contributed by atoms with Crippen LogP contribution in [0.2, 0.25) is 0 Å². The predicted molar refractivity (Wildman–Crippen MR) is 65.0 cm³/mol. The molecule has 7 heteroatoms. The molecular formula is C11H15NO5S.